The maximum atomic E-state index is 12.8. The summed E-state index contributed by atoms with van der Waals surface area (Å²) in [5.41, 5.74) is -0.882. The summed E-state index contributed by atoms with van der Waals surface area (Å²) >= 11 is 0. The largest absolute Gasteiger partial charge is 0.454 e. The summed E-state index contributed by atoms with van der Waals surface area (Å²) < 4.78 is 10.3. The quantitative estimate of drug-likeness (QED) is 0.282. The highest BCUT2D eigenvalue weighted by atomic mass is 16.5. The molecule has 40 heavy (non-hydrogen) atoms. The Morgan fingerprint density at radius 1 is 0.650 bits per heavy atom. The number of ether oxygens (including phenoxy) is 2. The van der Waals surface area contributed by atoms with Gasteiger partial charge in [-0.3, -0.25) is 19.2 Å². The van der Waals surface area contributed by atoms with Gasteiger partial charge in [0.25, 0.3) is 11.8 Å². The van der Waals surface area contributed by atoms with Crippen LogP contribution in [-0.4, -0.2) is 94.8 Å². The molecule has 2 unspecified atom stereocenters. The molecule has 2 heterocycles. The number of nitrogens with one attached hydrogen (secondary N) is 2. The number of rotatable bonds is 11. The summed E-state index contributed by atoms with van der Waals surface area (Å²) in [6.07, 6.45) is 3.55. The number of hydrogen-bond donors (Lipinski definition) is 2. The van der Waals surface area contributed by atoms with Crippen molar-refractivity contribution in [3.05, 3.63) is 0 Å². The van der Waals surface area contributed by atoms with E-state index in [0.29, 0.717) is 51.6 Å². The highest BCUT2D eigenvalue weighted by Crippen LogP contribution is 2.22. The molecule has 2 aliphatic heterocycles. The Hall–Kier alpha value is -3.18. The molecule has 0 aromatic heterocycles. The van der Waals surface area contributed by atoms with Crippen LogP contribution in [0.5, 0.6) is 0 Å². The van der Waals surface area contributed by atoms with Gasteiger partial charge in [0.2, 0.25) is 11.8 Å². The fraction of sp³-hybridized carbons (Fsp3) is 0.786. The first-order valence-electron chi connectivity index (χ1n) is 14.1. The normalized spacial score (nSPS) is 19.2. The van der Waals surface area contributed by atoms with Gasteiger partial charge >= 0.3 is 11.9 Å². The summed E-state index contributed by atoms with van der Waals surface area (Å²) in [5.74, 6) is -2.37. The number of unbranched alkanes of at least 4 members (excludes halogenated alkanes) is 1. The van der Waals surface area contributed by atoms with Crippen molar-refractivity contribution in [1.29, 1.82) is 0 Å². The predicted octanol–water partition coefficient (Wildman–Crippen LogP) is 1.44. The SMILES string of the molecule is CC(C)(C)NC(=O)COC(=O)C1CCCN1C(=O)CCCCC(=O)N1CCCC1C(=O)OCC(=O)NC(C)(C)C. The van der Waals surface area contributed by atoms with Crippen LogP contribution in [-0.2, 0) is 38.2 Å². The van der Waals surface area contributed by atoms with Gasteiger partial charge in [0.1, 0.15) is 12.1 Å². The molecular weight excluding hydrogens is 520 g/mol. The molecule has 2 saturated heterocycles. The predicted molar refractivity (Wildman–Crippen MR) is 146 cm³/mol. The molecule has 2 N–H and O–H groups in total. The van der Waals surface area contributed by atoms with Crippen LogP contribution in [0.4, 0.5) is 0 Å². The zero-order valence-electron chi connectivity index (χ0n) is 24.8. The number of nitrogens with zero attached hydrogens (tertiary/aromatic N) is 2. The topological polar surface area (TPSA) is 151 Å². The van der Waals surface area contributed by atoms with Crippen molar-refractivity contribution >= 4 is 35.6 Å². The van der Waals surface area contributed by atoms with Crippen molar-refractivity contribution in [2.45, 2.75) is 116 Å². The summed E-state index contributed by atoms with van der Waals surface area (Å²) in [5, 5.41) is 5.44. The molecule has 0 aromatic carbocycles. The van der Waals surface area contributed by atoms with Gasteiger partial charge in [-0.1, -0.05) is 0 Å². The summed E-state index contributed by atoms with van der Waals surface area (Å²) in [6.45, 7) is 11.0. The fourth-order valence-electron chi connectivity index (χ4n) is 4.83. The zero-order valence-corrected chi connectivity index (χ0v) is 24.8. The summed E-state index contributed by atoms with van der Waals surface area (Å²) in [6, 6.07) is -1.42. The Bertz CT molecular complexity index is 877. The molecule has 0 aliphatic carbocycles. The highest BCUT2D eigenvalue weighted by molar-refractivity contribution is 5.88. The third-order valence-corrected chi connectivity index (χ3v) is 6.44. The van der Waals surface area contributed by atoms with Crippen molar-refractivity contribution in [3.8, 4) is 0 Å². The van der Waals surface area contributed by atoms with Gasteiger partial charge in [-0.15, -0.1) is 0 Å². The van der Waals surface area contributed by atoms with Crippen molar-refractivity contribution in [2.24, 2.45) is 0 Å². The minimum Gasteiger partial charge on any atom is -0.454 e. The van der Waals surface area contributed by atoms with E-state index in [1.54, 1.807) is 0 Å². The minimum absolute atomic E-state index is 0.177. The molecule has 0 bridgehead atoms. The van der Waals surface area contributed by atoms with E-state index < -0.39 is 60.1 Å². The monoisotopic (exact) mass is 566 g/mol. The van der Waals surface area contributed by atoms with Crippen molar-refractivity contribution in [1.82, 2.24) is 20.4 Å². The van der Waals surface area contributed by atoms with Gasteiger partial charge in [0, 0.05) is 37.0 Å². The standard InChI is InChI=1S/C28H46N4O8/c1-27(2,3)29-21(33)17-39-25(37)19-11-9-15-31(19)23(35)13-7-8-14-24(36)32-16-10-12-20(32)26(38)40-18-22(34)30-28(4,5)6/h19-20H,7-18H2,1-6H3,(H,29,33)(H,30,34). The summed E-state index contributed by atoms with van der Waals surface area (Å²) in [4.78, 5) is 77.5. The van der Waals surface area contributed by atoms with Gasteiger partial charge in [-0.05, 0) is 80.1 Å². The van der Waals surface area contributed by atoms with E-state index >= 15 is 0 Å². The van der Waals surface area contributed by atoms with E-state index in [9.17, 15) is 28.8 Å². The Kier molecular flexibility index (Phi) is 11.9. The van der Waals surface area contributed by atoms with Gasteiger partial charge < -0.3 is 29.9 Å². The minimum atomic E-state index is -0.710. The van der Waals surface area contributed by atoms with Crippen LogP contribution in [0.15, 0.2) is 0 Å². The number of hydrogen-bond acceptors (Lipinski definition) is 8. The van der Waals surface area contributed by atoms with Gasteiger partial charge in [0.15, 0.2) is 13.2 Å². The molecule has 12 nitrogen and oxygen atoms in total. The van der Waals surface area contributed by atoms with E-state index in [1.807, 2.05) is 41.5 Å². The second kappa shape index (κ2) is 14.5. The molecule has 0 spiro atoms. The lowest BCUT2D eigenvalue weighted by Gasteiger charge is -2.25. The van der Waals surface area contributed by atoms with E-state index in [-0.39, 0.29) is 24.7 Å². The van der Waals surface area contributed by atoms with Crippen LogP contribution < -0.4 is 10.6 Å². The van der Waals surface area contributed by atoms with Crippen LogP contribution in [0.3, 0.4) is 0 Å². The molecular formula is C28H46N4O8. The van der Waals surface area contributed by atoms with Gasteiger partial charge in [-0.25, -0.2) is 9.59 Å². The Labute approximate surface area is 236 Å². The van der Waals surface area contributed by atoms with E-state index in [4.69, 9.17) is 9.47 Å². The molecule has 226 valence electrons. The maximum Gasteiger partial charge on any atom is 0.329 e. The lowest BCUT2D eigenvalue weighted by molar-refractivity contribution is -0.156. The summed E-state index contributed by atoms with van der Waals surface area (Å²) in [7, 11) is 0. The maximum absolute atomic E-state index is 12.8. The molecule has 2 rings (SSSR count). The molecule has 0 saturated carbocycles. The Morgan fingerprint density at radius 3 is 1.32 bits per heavy atom. The number of likely N-dealkylation sites (tertiary alicyclic amines) is 2. The smallest absolute Gasteiger partial charge is 0.329 e. The molecule has 2 fully saturated rings. The fourth-order valence-corrected chi connectivity index (χ4v) is 4.83. The number of carbonyl (C=O) groups excluding carboxylic acids is 6. The van der Waals surface area contributed by atoms with Crippen LogP contribution in [0.1, 0.15) is 92.9 Å². The molecule has 12 heteroatoms. The zero-order chi connectivity index (χ0) is 30.1. The number of carbonyl (C=O) groups is 6. The van der Waals surface area contributed by atoms with Crippen molar-refractivity contribution in [2.75, 3.05) is 26.3 Å². The molecule has 4 amide bonds. The van der Waals surface area contributed by atoms with Crippen LogP contribution in [0, 0.1) is 0 Å². The third kappa shape index (κ3) is 11.1. The molecule has 2 aliphatic rings. The third-order valence-electron chi connectivity index (χ3n) is 6.44. The van der Waals surface area contributed by atoms with Crippen LogP contribution in [0.2, 0.25) is 0 Å². The second-order valence-corrected chi connectivity index (χ2v) is 12.5. The van der Waals surface area contributed by atoms with Gasteiger partial charge in [0.05, 0.1) is 0 Å². The molecule has 2 atom stereocenters. The van der Waals surface area contributed by atoms with Crippen molar-refractivity contribution in [3.63, 3.8) is 0 Å². The van der Waals surface area contributed by atoms with Gasteiger partial charge in [-0.2, -0.15) is 0 Å². The van der Waals surface area contributed by atoms with E-state index in [1.165, 1.54) is 9.80 Å². The molecule has 0 radical (unpaired) electrons. The first-order chi connectivity index (χ1) is 18.6. The lowest BCUT2D eigenvalue weighted by atomic mass is 10.1. The van der Waals surface area contributed by atoms with E-state index in [2.05, 4.69) is 10.6 Å². The van der Waals surface area contributed by atoms with Crippen LogP contribution in [0.25, 0.3) is 0 Å². The number of amides is 4. The van der Waals surface area contributed by atoms with E-state index in [0.717, 1.165) is 0 Å². The Balaban J connectivity index is 1.73. The lowest BCUT2D eigenvalue weighted by Crippen LogP contribution is -2.45. The average molecular weight is 567 g/mol. The van der Waals surface area contributed by atoms with Crippen molar-refractivity contribution < 1.29 is 38.2 Å². The van der Waals surface area contributed by atoms with Crippen LogP contribution >= 0.6 is 0 Å². The average Bonchev–Trinajstić information content (AvgIpc) is 3.51. The number of esters is 2. The first-order valence-corrected chi connectivity index (χ1v) is 14.1. The second-order valence-electron chi connectivity index (χ2n) is 12.5. The molecule has 0 aromatic rings. The first kappa shape index (κ1) is 33.0. The highest BCUT2D eigenvalue weighted by Gasteiger charge is 2.37. The Morgan fingerprint density at radius 2 is 1.00 bits per heavy atom.